The highest BCUT2D eigenvalue weighted by molar-refractivity contribution is 14.1. The summed E-state index contributed by atoms with van der Waals surface area (Å²) < 4.78 is 8.29. The van der Waals surface area contributed by atoms with E-state index in [4.69, 9.17) is 4.74 Å². The first kappa shape index (κ1) is 11.7. The van der Waals surface area contributed by atoms with Crippen LogP contribution in [0.1, 0.15) is 32.1 Å². The van der Waals surface area contributed by atoms with Gasteiger partial charge in [-0.15, -0.1) is 0 Å². The summed E-state index contributed by atoms with van der Waals surface area (Å²) in [7, 11) is 0. The van der Waals surface area contributed by atoms with Crippen LogP contribution < -0.4 is 4.74 Å². The summed E-state index contributed by atoms with van der Waals surface area (Å²) >= 11 is 5.85. The van der Waals surface area contributed by atoms with Crippen LogP contribution in [-0.2, 0) is 0 Å². The number of benzene rings is 1. The van der Waals surface area contributed by atoms with Crippen molar-refractivity contribution in [1.82, 2.24) is 0 Å². The van der Waals surface area contributed by atoms with E-state index < -0.39 is 0 Å². The van der Waals surface area contributed by atoms with Crippen LogP contribution in [0.5, 0.6) is 5.75 Å². The van der Waals surface area contributed by atoms with Crippen LogP contribution >= 0.6 is 38.5 Å². The van der Waals surface area contributed by atoms with E-state index in [1.807, 2.05) is 0 Å². The summed E-state index contributed by atoms with van der Waals surface area (Å²) in [6, 6.07) is 6.24. The summed E-state index contributed by atoms with van der Waals surface area (Å²) in [5, 5.41) is 0. The molecule has 1 saturated carbocycles. The number of hydrogen-bond acceptors (Lipinski definition) is 1. The lowest BCUT2D eigenvalue weighted by Gasteiger charge is -2.23. The molecule has 1 nitrogen and oxygen atoms in total. The Labute approximate surface area is 113 Å². The van der Waals surface area contributed by atoms with Gasteiger partial charge in [0.25, 0.3) is 0 Å². The molecule has 0 aromatic heterocycles. The van der Waals surface area contributed by atoms with Crippen LogP contribution in [-0.4, -0.2) is 6.10 Å². The molecule has 1 fully saturated rings. The zero-order chi connectivity index (χ0) is 10.7. The summed E-state index contributed by atoms with van der Waals surface area (Å²) in [6.07, 6.45) is 6.83. The molecular weight excluding hydrogens is 367 g/mol. The third-order valence-electron chi connectivity index (χ3n) is 2.74. The van der Waals surface area contributed by atoms with Crippen LogP contribution in [0.3, 0.4) is 0 Å². The van der Waals surface area contributed by atoms with Gasteiger partial charge in [-0.3, -0.25) is 0 Å². The Bertz CT molecular complexity index is 334. The van der Waals surface area contributed by atoms with E-state index in [0.29, 0.717) is 6.10 Å². The zero-order valence-electron chi connectivity index (χ0n) is 8.51. The predicted octanol–water partition coefficient (Wildman–Crippen LogP) is 4.77. The van der Waals surface area contributed by atoms with Crippen molar-refractivity contribution in [2.75, 3.05) is 0 Å². The van der Waals surface area contributed by atoms with Gasteiger partial charge in [0, 0.05) is 3.57 Å². The maximum absolute atomic E-state index is 5.99. The number of hydrogen-bond donors (Lipinski definition) is 0. The Morgan fingerprint density at radius 2 is 1.93 bits per heavy atom. The van der Waals surface area contributed by atoms with Crippen molar-refractivity contribution in [2.24, 2.45) is 0 Å². The van der Waals surface area contributed by atoms with Gasteiger partial charge in [0.1, 0.15) is 5.75 Å². The zero-order valence-corrected chi connectivity index (χ0v) is 12.3. The third kappa shape index (κ3) is 3.34. The molecule has 82 valence electrons. The van der Waals surface area contributed by atoms with Crippen LogP contribution in [0.2, 0.25) is 0 Å². The third-order valence-corrected chi connectivity index (χ3v) is 4.03. The SMILES string of the molecule is Brc1cc(I)ccc1OC1CCCCC1. The monoisotopic (exact) mass is 380 g/mol. The average Bonchev–Trinajstić information content (AvgIpc) is 2.24. The minimum atomic E-state index is 0.426. The molecule has 0 spiro atoms. The quantitative estimate of drug-likeness (QED) is 0.672. The van der Waals surface area contributed by atoms with E-state index in [1.165, 1.54) is 35.7 Å². The Kier molecular flexibility index (Phi) is 4.31. The lowest BCUT2D eigenvalue weighted by Crippen LogP contribution is -2.19. The fraction of sp³-hybridized carbons (Fsp3) is 0.500. The first-order valence-corrected chi connectivity index (χ1v) is 7.24. The maximum atomic E-state index is 5.99. The van der Waals surface area contributed by atoms with Crippen LogP contribution in [0.4, 0.5) is 0 Å². The molecule has 15 heavy (non-hydrogen) atoms. The standard InChI is InChI=1S/C12H14BrIO/c13-11-8-9(14)6-7-12(11)15-10-4-2-1-3-5-10/h6-8,10H,1-5H2. The number of halogens is 2. The molecule has 1 aromatic carbocycles. The largest absolute Gasteiger partial charge is 0.489 e. The summed E-state index contributed by atoms with van der Waals surface area (Å²) in [5.74, 6) is 0.988. The molecule has 0 aliphatic heterocycles. The molecule has 0 unspecified atom stereocenters. The van der Waals surface area contributed by atoms with Crippen molar-refractivity contribution in [3.63, 3.8) is 0 Å². The second-order valence-corrected chi connectivity index (χ2v) is 6.05. The highest BCUT2D eigenvalue weighted by Gasteiger charge is 2.15. The molecule has 1 aliphatic carbocycles. The second-order valence-electron chi connectivity index (χ2n) is 3.95. The summed E-state index contributed by atoms with van der Waals surface area (Å²) in [6.45, 7) is 0. The molecule has 1 aliphatic rings. The van der Waals surface area contributed by atoms with Crippen LogP contribution in [0, 0.1) is 3.57 Å². The van der Waals surface area contributed by atoms with E-state index in [2.05, 4.69) is 56.7 Å². The average molecular weight is 381 g/mol. The minimum Gasteiger partial charge on any atom is -0.489 e. The highest BCUT2D eigenvalue weighted by atomic mass is 127. The second kappa shape index (κ2) is 5.53. The van der Waals surface area contributed by atoms with Gasteiger partial charge in [-0.1, -0.05) is 6.42 Å². The molecule has 2 rings (SSSR count). The van der Waals surface area contributed by atoms with Crippen molar-refractivity contribution in [1.29, 1.82) is 0 Å². The lowest BCUT2D eigenvalue weighted by atomic mass is 9.98. The van der Waals surface area contributed by atoms with E-state index in [9.17, 15) is 0 Å². The van der Waals surface area contributed by atoms with Crippen molar-refractivity contribution < 1.29 is 4.74 Å². The first-order valence-electron chi connectivity index (χ1n) is 5.37. The van der Waals surface area contributed by atoms with Crippen LogP contribution in [0.15, 0.2) is 22.7 Å². The van der Waals surface area contributed by atoms with E-state index in [-0.39, 0.29) is 0 Å². The minimum absolute atomic E-state index is 0.426. The molecule has 0 radical (unpaired) electrons. The maximum Gasteiger partial charge on any atom is 0.133 e. The van der Waals surface area contributed by atoms with Gasteiger partial charge in [0.05, 0.1) is 10.6 Å². The normalized spacial score (nSPS) is 17.7. The molecule has 0 saturated heterocycles. The molecular formula is C12H14BrIO. The first-order chi connectivity index (χ1) is 7.25. The molecule has 0 N–H and O–H groups in total. The Morgan fingerprint density at radius 1 is 1.20 bits per heavy atom. The lowest BCUT2D eigenvalue weighted by molar-refractivity contribution is 0.154. The fourth-order valence-corrected chi connectivity index (χ4v) is 3.32. The smallest absolute Gasteiger partial charge is 0.133 e. The van der Waals surface area contributed by atoms with Gasteiger partial charge < -0.3 is 4.74 Å². The van der Waals surface area contributed by atoms with E-state index in [0.717, 1.165) is 10.2 Å². The van der Waals surface area contributed by atoms with Crippen molar-refractivity contribution in [3.05, 3.63) is 26.2 Å². The fourth-order valence-electron chi connectivity index (χ4n) is 1.93. The Hall–Kier alpha value is 0.230. The topological polar surface area (TPSA) is 9.23 Å². The molecule has 0 bridgehead atoms. The van der Waals surface area contributed by atoms with Gasteiger partial charge in [-0.2, -0.15) is 0 Å². The van der Waals surface area contributed by atoms with Crippen molar-refractivity contribution in [3.8, 4) is 5.75 Å². The van der Waals surface area contributed by atoms with Gasteiger partial charge in [-0.25, -0.2) is 0 Å². The number of ether oxygens (including phenoxy) is 1. The van der Waals surface area contributed by atoms with E-state index in [1.54, 1.807) is 0 Å². The summed E-state index contributed by atoms with van der Waals surface area (Å²) in [4.78, 5) is 0. The molecule has 0 atom stereocenters. The Balaban J connectivity index is 2.03. The highest BCUT2D eigenvalue weighted by Crippen LogP contribution is 2.30. The molecule has 1 aromatic rings. The van der Waals surface area contributed by atoms with Crippen molar-refractivity contribution >= 4 is 38.5 Å². The Morgan fingerprint density at radius 3 is 2.60 bits per heavy atom. The van der Waals surface area contributed by atoms with E-state index >= 15 is 0 Å². The van der Waals surface area contributed by atoms with Gasteiger partial charge in [0.2, 0.25) is 0 Å². The van der Waals surface area contributed by atoms with Gasteiger partial charge in [-0.05, 0) is 82.4 Å². The predicted molar refractivity (Wildman–Crippen MR) is 74.4 cm³/mol. The van der Waals surface area contributed by atoms with Gasteiger partial charge >= 0.3 is 0 Å². The molecule has 3 heteroatoms. The summed E-state index contributed by atoms with van der Waals surface area (Å²) in [5.41, 5.74) is 0. The van der Waals surface area contributed by atoms with Crippen LogP contribution in [0.25, 0.3) is 0 Å². The van der Waals surface area contributed by atoms with Crippen molar-refractivity contribution in [2.45, 2.75) is 38.2 Å². The molecule has 0 amide bonds. The molecule has 0 heterocycles. The van der Waals surface area contributed by atoms with Gasteiger partial charge in [0.15, 0.2) is 0 Å². The number of rotatable bonds is 2.